The van der Waals surface area contributed by atoms with E-state index in [4.69, 9.17) is 14.2 Å². The second-order valence-electron chi connectivity index (χ2n) is 9.22. The summed E-state index contributed by atoms with van der Waals surface area (Å²) in [4.78, 5) is 1.17. The zero-order valence-electron chi connectivity index (χ0n) is 21.5. The quantitative estimate of drug-likeness (QED) is 0.157. The van der Waals surface area contributed by atoms with Crippen molar-refractivity contribution in [2.45, 2.75) is 18.1 Å². The molecule has 0 saturated carbocycles. The van der Waals surface area contributed by atoms with Crippen LogP contribution < -0.4 is 14.2 Å². The third-order valence-electron chi connectivity index (χ3n) is 6.42. The number of halogens is 1. The van der Waals surface area contributed by atoms with Crippen LogP contribution in [-0.4, -0.2) is 4.21 Å². The third kappa shape index (κ3) is 5.98. The van der Waals surface area contributed by atoms with E-state index >= 15 is 0 Å². The fraction of sp³-hybridized carbons (Fsp3) is 0.0588. The topological polar surface area (TPSA) is 44.8 Å². The summed E-state index contributed by atoms with van der Waals surface area (Å²) in [5, 5.41) is 0. The molecule has 0 bridgehead atoms. The van der Waals surface area contributed by atoms with E-state index < -0.39 is 10.8 Å². The molecule has 0 amide bonds. The molecule has 1 atom stereocenters. The lowest BCUT2D eigenvalue weighted by Gasteiger charge is -2.24. The van der Waals surface area contributed by atoms with Crippen LogP contribution >= 0.6 is 22.6 Å². The molecule has 0 spiro atoms. The molecule has 6 heteroatoms. The Morgan fingerprint density at radius 1 is 0.625 bits per heavy atom. The van der Waals surface area contributed by atoms with Gasteiger partial charge >= 0.3 is 0 Å². The zero-order chi connectivity index (χ0) is 27.3. The molecule has 198 valence electrons. The first-order valence-corrected chi connectivity index (χ1v) is 15.0. The van der Waals surface area contributed by atoms with Gasteiger partial charge in [-0.05, 0) is 75.7 Å². The zero-order valence-corrected chi connectivity index (χ0v) is 24.4. The van der Waals surface area contributed by atoms with E-state index in [9.17, 15) is 4.21 Å². The number of rotatable bonds is 8. The molecule has 40 heavy (non-hydrogen) atoms. The van der Waals surface area contributed by atoms with Crippen LogP contribution in [0.5, 0.6) is 17.2 Å². The van der Waals surface area contributed by atoms with Crippen molar-refractivity contribution in [2.75, 3.05) is 0 Å². The molecule has 0 radical (unpaired) electrons. The lowest BCUT2D eigenvalue weighted by atomic mass is 10.1. The van der Waals surface area contributed by atoms with Gasteiger partial charge in [-0.2, -0.15) is 0 Å². The molecule has 0 aliphatic carbocycles. The minimum absolute atomic E-state index is 0.421. The SMILES string of the molecule is O=S1C(c2cccc(OCc3ccccc3)c2)=C(c2ccc(I)cc2)Oc2ccc(OCc3ccccc3)cc21. The van der Waals surface area contributed by atoms with Crippen molar-refractivity contribution in [3.63, 3.8) is 0 Å². The first-order valence-electron chi connectivity index (χ1n) is 12.8. The van der Waals surface area contributed by atoms with E-state index in [0.717, 1.165) is 25.8 Å². The number of ether oxygens (including phenoxy) is 3. The van der Waals surface area contributed by atoms with E-state index in [-0.39, 0.29) is 0 Å². The van der Waals surface area contributed by atoms with Crippen LogP contribution in [0.2, 0.25) is 0 Å². The van der Waals surface area contributed by atoms with Gasteiger partial charge in [0.25, 0.3) is 0 Å². The van der Waals surface area contributed by atoms with E-state index in [1.807, 2.05) is 127 Å². The molecule has 5 aromatic carbocycles. The predicted molar refractivity (Wildman–Crippen MR) is 167 cm³/mol. The average Bonchev–Trinajstić information content (AvgIpc) is 3.00. The van der Waals surface area contributed by atoms with E-state index in [0.29, 0.717) is 46.0 Å². The molecule has 0 saturated heterocycles. The van der Waals surface area contributed by atoms with E-state index in [1.165, 1.54) is 0 Å². The Morgan fingerprint density at radius 3 is 1.90 bits per heavy atom. The molecule has 0 fully saturated rings. The van der Waals surface area contributed by atoms with Crippen LogP contribution in [0.4, 0.5) is 0 Å². The Hall–Kier alpha value is -3.88. The van der Waals surface area contributed by atoms with Crippen molar-refractivity contribution < 1.29 is 18.4 Å². The van der Waals surface area contributed by atoms with Crippen LogP contribution in [0.25, 0.3) is 10.7 Å². The summed E-state index contributed by atoms with van der Waals surface area (Å²) < 4.78 is 34.0. The smallest absolute Gasteiger partial charge is 0.151 e. The number of hydrogen-bond acceptors (Lipinski definition) is 4. The highest BCUT2D eigenvalue weighted by Gasteiger charge is 2.30. The van der Waals surface area contributed by atoms with Gasteiger partial charge in [0.15, 0.2) is 5.76 Å². The lowest BCUT2D eigenvalue weighted by Crippen LogP contribution is -2.12. The van der Waals surface area contributed by atoms with Gasteiger partial charge in [0.1, 0.15) is 30.5 Å². The fourth-order valence-electron chi connectivity index (χ4n) is 4.40. The number of fused-ring (bicyclic) bond motifs is 1. The van der Waals surface area contributed by atoms with Crippen LogP contribution in [0.3, 0.4) is 0 Å². The van der Waals surface area contributed by atoms with Crippen LogP contribution in [0.15, 0.2) is 132 Å². The summed E-state index contributed by atoms with van der Waals surface area (Å²) in [6.45, 7) is 0.863. The molecule has 5 aromatic rings. The monoisotopic (exact) mass is 656 g/mol. The highest BCUT2D eigenvalue weighted by atomic mass is 127. The molecule has 0 N–H and O–H groups in total. The van der Waals surface area contributed by atoms with Gasteiger partial charge in [-0.1, -0.05) is 84.9 Å². The molecule has 1 heterocycles. The van der Waals surface area contributed by atoms with Gasteiger partial charge in [-0.25, -0.2) is 4.21 Å². The normalized spacial score (nSPS) is 14.3. The highest BCUT2D eigenvalue weighted by Crippen LogP contribution is 2.44. The highest BCUT2D eigenvalue weighted by molar-refractivity contribution is 14.1. The molecule has 6 rings (SSSR count). The molecule has 1 aliphatic heterocycles. The Balaban J connectivity index is 1.35. The summed E-state index contributed by atoms with van der Waals surface area (Å²) in [5.41, 5.74) is 3.77. The van der Waals surface area contributed by atoms with Crippen molar-refractivity contribution in [3.05, 3.63) is 153 Å². The standard InChI is InChI=1S/C34H25IO4S/c35-28-16-14-26(15-17-28)33-34(27-12-7-13-29(20-27)37-22-24-8-3-1-4-9-24)40(36)32-21-30(18-19-31(32)39-33)38-23-25-10-5-2-6-11-25/h1-21H,22-23H2. The number of benzene rings is 5. The molecule has 1 unspecified atom stereocenters. The van der Waals surface area contributed by atoms with Gasteiger partial charge in [0, 0.05) is 15.2 Å². The Bertz CT molecular complexity index is 1680. The Kier molecular flexibility index (Phi) is 7.97. The Labute approximate surface area is 249 Å². The first kappa shape index (κ1) is 26.3. The fourth-order valence-corrected chi connectivity index (χ4v) is 6.16. The molecule has 1 aliphatic rings. The minimum atomic E-state index is -1.53. The van der Waals surface area contributed by atoms with Gasteiger partial charge < -0.3 is 14.2 Å². The second kappa shape index (κ2) is 12.1. The average molecular weight is 657 g/mol. The van der Waals surface area contributed by atoms with Gasteiger partial charge in [-0.3, -0.25) is 0 Å². The largest absolute Gasteiger partial charge is 0.489 e. The van der Waals surface area contributed by atoms with Gasteiger partial charge in [-0.15, -0.1) is 0 Å². The van der Waals surface area contributed by atoms with Crippen molar-refractivity contribution >= 4 is 44.1 Å². The summed E-state index contributed by atoms with van der Waals surface area (Å²) in [6.07, 6.45) is 0. The molecular weight excluding hydrogens is 631 g/mol. The lowest BCUT2D eigenvalue weighted by molar-refractivity contribution is 0.305. The van der Waals surface area contributed by atoms with Crippen molar-refractivity contribution in [2.24, 2.45) is 0 Å². The van der Waals surface area contributed by atoms with Gasteiger partial charge in [0.05, 0.1) is 20.6 Å². The van der Waals surface area contributed by atoms with Crippen molar-refractivity contribution in [1.29, 1.82) is 0 Å². The number of hydrogen-bond donors (Lipinski definition) is 0. The maximum Gasteiger partial charge on any atom is 0.151 e. The van der Waals surface area contributed by atoms with Crippen LogP contribution in [0.1, 0.15) is 22.3 Å². The molecule has 4 nitrogen and oxygen atoms in total. The van der Waals surface area contributed by atoms with Crippen LogP contribution in [-0.2, 0) is 24.0 Å². The van der Waals surface area contributed by atoms with E-state index in [2.05, 4.69) is 22.6 Å². The minimum Gasteiger partial charge on any atom is -0.489 e. The summed E-state index contributed by atoms with van der Waals surface area (Å²) in [7, 11) is -1.53. The summed E-state index contributed by atoms with van der Waals surface area (Å²) in [6, 6.07) is 41.2. The summed E-state index contributed by atoms with van der Waals surface area (Å²) >= 11 is 2.27. The van der Waals surface area contributed by atoms with Crippen molar-refractivity contribution in [3.8, 4) is 17.2 Å². The third-order valence-corrected chi connectivity index (χ3v) is 8.65. The first-order chi connectivity index (χ1) is 19.6. The van der Waals surface area contributed by atoms with Gasteiger partial charge in [0.2, 0.25) is 0 Å². The predicted octanol–water partition coefficient (Wildman–Crippen LogP) is 8.48. The van der Waals surface area contributed by atoms with Crippen molar-refractivity contribution in [1.82, 2.24) is 0 Å². The molecular formula is C34H25IO4S. The Morgan fingerprint density at radius 2 is 1.25 bits per heavy atom. The van der Waals surface area contributed by atoms with E-state index in [1.54, 1.807) is 0 Å². The van der Waals surface area contributed by atoms with Crippen LogP contribution in [0, 0.1) is 3.57 Å². The summed E-state index contributed by atoms with van der Waals surface area (Å²) in [5.74, 6) is 2.45. The second-order valence-corrected chi connectivity index (χ2v) is 11.9. The molecule has 0 aromatic heterocycles. The maximum atomic E-state index is 14.3. The maximum absolute atomic E-state index is 14.3.